The Kier molecular flexibility index (Phi) is 4.98. The first kappa shape index (κ1) is 18.7. The minimum Gasteiger partial charge on any atom is -0.496 e. The van der Waals surface area contributed by atoms with E-state index in [2.05, 4.69) is 11.1 Å². The number of ether oxygens (including phenoxy) is 3. The number of benzene rings is 1. The first-order valence-corrected chi connectivity index (χ1v) is 9.68. The zero-order valence-electron chi connectivity index (χ0n) is 16.7. The van der Waals surface area contributed by atoms with Crippen LogP contribution in [0, 0.1) is 6.92 Å². The van der Waals surface area contributed by atoms with Crippen LogP contribution in [-0.4, -0.2) is 49.7 Å². The molecule has 0 radical (unpaired) electrons. The summed E-state index contributed by atoms with van der Waals surface area (Å²) >= 11 is 0. The minimum atomic E-state index is -0.380. The number of aromatic nitrogens is 1. The zero-order valence-corrected chi connectivity index (χ0v) is 16.7. The highest BCUT2D eigenvalue weighted by Gasteiger charge is 2.43. The first-order chi connectivity index (χ1) is 13.6. The van der Waals surface area contributed by atoms with Gasteiger partial charge in [0.05, 0.1) is 32.6 Å². The summed E-state index contributed by atoms with van der Waals surface area (Å²) in [5.74, 6) is 1.37. The molecule has 3 heterocycles. The van der Waals surface area contributed by atoms with Gasteiger partial charge < -0.3 is 19.1 Å². The maximum absolute atomic E-state index is 13.1. The lowest BCUT2D eigenvalue weighted by Crippen LogP contribution is -2.48. The van der Waals surface area contributed by atoms with Gasteiger partial charge in [0.1, 0.15) is 17.1 Å². The molecule has 0 atom stereocenters. The molecule has 2 aliphatic rings. The number of carbonyl (C=O) groups is 1. The number of rotatable bonds is 3. The Balaban J connectivity index is 1.58. The van der Waals surface area contributed by atoms with Crippen molar-refractivity contribution in [2.45, 2.75) is 31.8 Å². The third-order valence-corrected chi connectivity index (χ3v) is 5.85. The number of pyridine rings is 1. The Morgan fingerprint density at radius 2 is 1.93 bits per heavy atom. The van der Waals surface area contributed by atoms with Gasteiger partial charge in [-0.15, -0.1) is 0 Å². The van der Waals surface area contributed by atoms with E-state index in [0.29, 0.717) is 31.0 Å². The maximum atomic E-state index is 13.1. The van der Waals surface area contributed by atoms with Crippen LogP contribution in [0.25, 0.3) is 0 Å². The van der Waals surface area contributed by atoms with Gasteiger partial charge in [0.25, 0.3) is 5.91 Å². The lowest BCUT2D eigenvalue weighted by Gasteiger charge is -2.45. The average molecular weight is 382 g/mol. The molecule has 1 fully saturated rings. The van der Waals surface area contributed by atoms with Crippen molar-refractivity contribution in [3.8, 4) is 11.5 Å². The van der Waals surface area contributed by atoms with E-state index in [9.17, 15) is 4.79 Å². The number of likely N-dealkylation sites (tertiary alicyclic amines) is 1. The second-order valence-electron chi connectivity index (χ2n) is 7.41. The Morgan fingerprint density at radius 3 is 2.64 bits per heavy atom. The summed E-state index contributed by atoms with van der Waals surface area (Å²) < 4.78 is 17.3. The Hall–Kier alpha value is -2.60. The van der Waals surface area contributed by atoms with E-state index < -0.39 is 0 Å². The normalized spacial score (nSPS) is 17.9. The largest absolute Gasteiger partial charge is 0.496 e. The van der Waals surface area contributed by atoms with Crippen LogP contribution < -0.4 is 9.47 Å². The lowest BCUT2D eigenvalue weighted by atomic mass is 9.78. The molecule has 1 spiro atoms. The predicted molar refractivity (Wildman–Crippen MR) is 105 cm³/mol. The highest BCUT2D eigenvalue weighted by Crippen LogP contribution is 2.46. The molecule has 6 nitrogen and oxygen atoms in total. The number of nitrogens with zero attached hydrogens (tertiary/aromatic N) is 2. The smallest absolute Gasteiger partial charge is 0.257 e. The molecule has 2 aliphatic heterocycles. The topological polar surface area (TPSA) is 60.9 Å². The van der Waals surface area contributed by atoms with Gasteiger partial charge in [-0.2, -0.15) is 0 Å². The van der Waals surface area contributed by atoms with Crippen LogP contribution >= 0.6 is 0 Å². The number of hydrogen-bond donors (Lipinski definition) is 0. The molecular formula is C22H26N2O4. The van der Waals surface area contributed by atoms with Crippen molar-refractivity contribution >= 4 is 5.91 Å². The van der Waals surface area contributed by atoms with Crippen LogP contribution in [0.3, 0.4) is 0 Å². The van der Waals surface area contributed by atoms with E-state index in [0.717, 1.165) is 36.3 Å². The van der Waals surface area contributed by atoms with Crippen molar-refractivity contribution in [3.63, 3.8) is 0 Å². The summed E-state index contributed by atoms with van der Waals surface area (Å²) in [6, 6.07) is 7.98. The quantitative estimate of drug-likeness (QED) is 0.816. The van der Waals surface area contributed by atoms with E-state index in [1.807, 2.05) is 24.0 Å². The van der Waals surface area contributed by atoms with E-state index in [-0.39, 0.29) is 11.5 Å². The first-order valence-electron chi connectivity index (χ1n) is 9.68. The van der Waals surface area contributed by atoms with Crippen molar-refractivity contribution in [1.82, 2.24) is 9.88 Å². The van der Waals surface area contributed by atoms with Crippen LogP contribution in [0.2, 0.25) is 0 Å². The number of carbonyl (C=O) groups excluding carboxylic acids is 1. The summed E-state index contributed by atoms with van der Waals surface area (Å²) in [4.78, 5) is 19.2. The number of methoxy groups -OCH3 is 2. The van der Waals surface area contributed by atoms with Gasteiger partial charge in [-0.3, -0.25) is 9.78 Å². The SMILES string of the molecule is COc1cnc(C)cc1C(=O)N1CCC2(CC1)OCCc1cccc(OC)c12. The van der Waals surface area contributed by atoms with Gasteiger partial charge in [0, 0.05) is 24.3 Å². The van der Waals surface area contributed by atoms with Crippen molar-refractivity contribution in [3.05, 3.63) is 52.8 Å². The number of hydrogen-bond acceptors (Lipinski definition) is 5. The van der Waals surface area contributed by atoms with Crippen molar-refractivity contribution in [2.75, 3.05) is 33.9 Å². The molecule has 28 heavy (non-hydrogen) atoms. The third-order valence-electron chi connectivity index (χ3n) is 5.85. The van der Waals surface area contributed by atoms with Crippen LogP contribution in [0.4, 0.5) is 0 Å². The van der Waals surface area contributed by atoms with E-state index >= 15 is 0 Å². The van der Waals surface area contributed by atoms with E-state index in [1.165, 1.54) is 5.56 Å². The summed E-state index contributed by atoms with van der Waals surface area (Å²) in [5.41, 5.74) is 3.43. The fraction of sp³-hybridized carbons (Fsp3) is 0.455. The molecule has 0 unspecified atom stereocenters. The molecule has 0 bridgehead atoms. The van der Waals surface area contributed by atoms with E-state index in [1.54, 1.807) is 26.5 Å². The second-order valence-corrected chi connectivity index (χ2v) is 7.41. The fourth-order valence-electron chi connectivity index (χ4n) is 4.41. The van der Waals surface area contributed by atoms with Crippen LogP contribution in [0.15, 0.2) is 30.5 Å². The zero-order chi connectivity index (χ0) is 19.7. The van der Waals surface area contributed by atoms with Crippen molar-refractivity contribution in [1.29, 1.82) is 0 Å². The molecular weight excluding hydrogens is 356 g/mol. The highest BCUT2D eigenvalue weighted by molar-refractivity contribution is 5.97. The number of aryl methyl sites for hydroxylation is 1. The monoisotopic (exact) mass is 382 g/mol. The summed E-state index contributed by atoms with van der Waals surface area (Å²) in [6.07, 6.45) is 4.00. The molecule has 4 rings (SSSR count). The van der Waals surface area contributed by atoms with Gasteiger partial charge in [-0.25, -0.2) is 0 Å². The van der Waals surface area contributed by atoms with Crippen LogP contribution in [0.5, 0.6) is 11.5 Å². The molecule has 6 heteroatoms. The molecule has 1 aromatic heterocycles. The molecule has 0 saturated carbocycles. The van der Waals surface area contributed by atoms with Gasteiger partial charge in [-0.1, -0.05) is 12.1 Å². The van der Waals surface area contributed by atoms with Gasteiger partial charge >= 0.3 is 0 Å². The van der Waals surface area contributed by atoms with E-state index in [4.69, 9.17) is 14.2 Å². The number of piperidine rings is 1. The molecule has 1 aromatic carbocycles. The standard InChI is InChI=1S/C22H26N2O4/c1-15-13-17(19(27-3)14-23-15)21(25)24-10-8-22(9-11-24)20-16(7-12-28-22)5-4-6-18(20)26-2/h4-6,13-14H,7-12H2,1-3H3. The third kappa shape index (κ3) is 3.11. The van der Waals surface area contributed by atoms with Crippen LogP contribution in [0.1, 0.15) is 40.0 Å². The van der Waals surface area contributed by atoms with Gasteiger partial charge in [-0.05, 0) is 43.9 Å². The average Bonchev–Trinajstić information content (AvgIpc) is 2.73. The minimum absolute atomic E-state index is 0.0201. The molecule has 148 valence electrons. The molecule has 0 aliphatic carbocycles. The Labute approximate surface area is 165 Å². The summed E-state index contributed by atoms with van der Waals surface area (Å²) in [7, 11) is 3.27. The Bertz CT molecular complexity index is 874. The fourth-order valence-corrected chi connectivity index (χ4v) is 4.41. The summed E-state index contributed by atoms with van der Waals surface area (Å²) in [5, 5.41) is 0. The predicted octanol–water partition coefficient (Wildman–Crippen LogP) is 3.11. The van der Waals surface area contributed by atoms with Crippen molar-refractivity contribution in [2.24, 2.45) is 0 Å². The van der Waals surface area contributed by atoms with Gasteiger partial charge in [0.15, 0.2) is 0 Å². The lowest BCUT2D eigenvalue weighted by molar-refractivity contribution is -0.0946. The molecule has 1 amide bonds. The number of amides is 1. The maximum Gasteiger partial charge on any atom is 0.257 e. The Morgan fingerprint density at radius 1 is 1.18 bits per heavy atom. The van der Waals surface area contributed by atoms with Gasteiger partial charge in [0.2, 0.25) is 0 Å². The highest BCUT2D eigenvalue weighted by atomic mass is 16.5. The molecule has 2 aromatic rings. The molecule has 0 N–H and O–H groups in total. The second kappa shape index (κ2) is 7.43. The van der Waals surface area contributed by atoms with Crippen molar-refractivity contribution < 1.29 is 19.0 Å². The number of fused-ring (bicyclic) bond motifs is 2. The molecule has 1 saturated heterocycles. The van der Waals surface area contributed by atoms with Crippen LogP contribution in [-0.2, 0) is 16.8 Å². The summed E-state index contributed by atoms with van der Waals surface area (Å²) in [6.45, 7) is 3.83.